The fraction of sp³-hybridized carbons (Fsp3) is 0.182. The van der Waals surface area contributed by atoms with Crippen molar-refractivity contribution in [3.63, 3.8) is 0 Å². The maximum Gasteiger partial charge on any atom is 0.225 e. The number of aromatic nitrogens is 3. The van der Waals surface area contributed by atoms with Crippen LogP contribution in [0.4, 0.5) is 5.69 Å². The second-order valence-corrected chi connectivity index (χ2v) is 3.72. The highest BCUT2D eigenvalue weighted by Gasteiger charge is 2.07. The average molecular weight is 251 g/mol. The van der Waals surface area contributed by atoms with Crippen LogP contribution in [0.3, 0.4) is 0 Å². The third-order valence-electron chi connectivity index (χ3n) is 2.17. The zero-order valence-electron chi connectivity index (χ0n) is 9.01. The Bertz CT molecular complexity index is 498. The maximum absolute atomic E-state index is 11.5. The van der Waals surface area contributed by atoms with E-state index in [-0.39, 0.29) is 12.3 Å². The van der Waals surface area contributed by atoms with E-state index < -0.39 is 0 Å². The molecule has 1 aromatic carbocycles. The number of rotatable bonds is 4. The van der Waals surface area contributed by atoms with Crippen LogP contribution in [0.1, 0.15) is 6.42 Å². The number of hydrogen-bond acceptors (Lipinski definition) is 3. The molecule has 0 aliphatic carbocycles. The van der Waals surface area contributed by atoms with Crippen LogP contribution in [0.5, 0.6) is 0 Å². The van der Waals surface area contributed by atoms with Gasteiger partial charge in [-0.15, -0.1) is 11.6 Å². The Hall–Kier alpha value is -1.88. The molecule has 0 fully saturated rings. The Morgan fingerprint density at radius 3 is 2.94 bits per heavy atom. The Kier molecular flexibility index (Phi) is 3.72. The Labute approximate surface area is 103 Å². The van der Waals surface area contributed by atoms with Gasteiger partial charge in [-0.05, 0) is 12.1 Å². The second-order valence-electron chi connectivity index (χ2n) is 3.34. The number of alkyl halides is 1. The molecule has 0 radical (unpaired) electrons. The van der Waals surface area contributed by atoms with Gasteiger partial charge < -0.3 is 5.32 Å². The summed E-state index contributed by atoms with van der Waals surface area (Å²) in [6, 6.07) is 7.37. The lowest BCUT2D eigenvalue weighted by atomic mass is 10.2. The molecule has 0 saturated carbocycles. The molecule has 1 amide bonds. The molecule has 1 heterocycles. The number of anilines is 1. The number of nitrogens with one attached hydrogen (secondary N) is 1. The van der Waals surface area contributed by atoms with Gasteiger partial charge in [-0.2, -0.15) is 5.10 Å². The highest BCUT2D eigenvalue weighted by Crippen LogP contribution is 2.18. The lowest BCUT2D eigenvalue weighted by molar-refractivity contribution is -0.115. The van der Waals surface area contributed by atoms with Gasteiger partial charge in [0.1, 0.15) is 12.7 Å². The van der Waals surface area contributed by atoms with Gasteiger partial charge in [0.05, 0.1) is 11.4 Å². The molecule has 0 saturated heterocycles. The van der Waals surface area contributed by atoms with Crippen LogP contribution in [-0.2, 0) is 4.79 Å². The van der Waals surface area contributed by atoms with Gasteiger partial charge in [0, 0.05) is 12.3 Å². The zero-order chi connectivity index (χ0) is 12.1. The molecule has 6 heteroatoms. The standard InChI is InChI=1S/C11H11ClN4O/c12-6-5-11(17)15-9-3-1-2-4-10(9)16-8-13-7-14-16/h1-4,7-8H,5-6H2,(H,15,17). The number of carbonyl (C=O) groups excluding carboxylic acids is 1. The lowest BCUT2D eigenvalue weighted by Gasteiger charge is -2.09. The molecule has 1 N–H and O–H groups in total. The topological polar surface area (TPSA) is 59.8 Å². The van der Waals surface area contributed by atoms with Crippen LogP contribution < -0.4 is 5.32 Å². The number of halogens is 1. The molecule has 88 valence electrons. The summed E-state index contributed by atoms with van der Waals surface area (Å²) in [5, 5.41) is 6.82. The van der Waals surface area contributed by atoms with Crippen LogP contribution in [0, 0.1) is 0 Å². The summed E-state index contributed by atoms with van der Waals surface area (Å²) in [5.74, 6) is 0.185. The quantitative estimate of drug-likeness (QED) is 0.843. The van der Waals surface area contributed by atoms with Gasteiger partial charge in [0.15, 0.2) is 0 Å². The van der Waals surface area contributed by atoms with Crippen LogP contribution in [0.25, 0.3) is 5.69 Å². The van der Waals surface area contributed by atoms with E-state index in [9.17, 15) is 4.79 Å². The first-order valence-electron chi connectivity index (χ1n) is 5.11. The number of para-hydroxylation sites is 2. The van der Waals surface area contributed by atoms with Crippen molar-refractivity contribution in [2.75, 3.05) is 11.2 Å². The van der Waals surface area contributed by atoms with E-state index in [4.69, 9.17) is 11.6 Å². The molecule has 5 nitrogen and oxygen atoms in total. The smallest absolute Gasteiger partial charge is 0.225 e. The summed E-state index contributed by atoms with van der Waals surface area (Å²) < 4.78 is 1.59. The molecule has 2 aromatic rings. The van der Waals surface area contributed by atoms with Crippen molar-refractivity contribution in [3.05, 3.63) is 36.9 Å². The van der Waals surface area contributed by atoms with Crippen molar-refractivity contribution in [2.24, 2.45) is 0 Å². The van der Waals surface area contributed by atoms with Gasteiger partial charge in [-0.1, -0.05) is 12.1 Å². The lowest BCUT2D eigenvalue weighted by Crippen LogP contribution is -2.13. The molecule has 0 aliphatic rings. The molecule has 0 aliphatic heterocycles. The molecule has 1 aromatic heterocycles. The summed E-state index contributed by atoms with van der Waals surface area (Å²) in [7, 11) is 0. The molecule has 0 atom stereocenters. The third-order valence-corrected chi connectivity index (χ3v) is 2.35. The van der Waals surface area contributed by atoms with E-state index in [0.29, 0.717) is 11.6 Å². The molecule has 2 rings (SSSR count). The number of amides is 1. The van der Waals surface area contributed by atoms with Crippen molar-refractivity contribution >= 4 is 23.2 Å². The summed E-state index contributed by atoms with van der Waals surface area (Å²) in [6.07, 6.45) is 3.30. The summed E-state index contributed by atoms with van der Waals surface area (Å²) in [5.41, 5.74) is 1.46. The van der Waals surface area contributed by atoms with Gasteiger partial charge in [-0.25, -0.2) is 9.67 Å². The minimum absolute atomic E-state index is 0.118. The molecular weight excluding hydrogens is 240 g/mol. The van der Waals surface area contributed by atoms with Gasteiger partial charge in [0.25, 0.3) is 0 Å². The SMILES string of the molecule is O=C(CCCl)Nc1ccccc1-n1cncn1. The first-order valence-corrected chi connectivity index (χ1v) is 5.64. The van der Waals surface area contributed by atoms with E-state index in [1.807, 2.05) is 24.3 Å². The summed E-state index contributed by atoms with van der Waals surface area (Å²) in [6.45, 7) is 0. The van der Waals surface area contributed by atoms with Crippen molar-refractivity contribution in [3.8, 4) is 5.69 Å². The molecule has 0 unspecified atom stereocenters. The Morgan fingerprint density at radius 1 is 1.41 bits per heavy atom. The van der Waals surface area contributed by atoms with Gasteiger partial charge >= 0.3 is 0 Å². The number of benzene rings is 1. The molecule has 17 heavy (non-hydrogen) atoms. The normalized spacial score (nSPS) is 10.2. The van der Waals surface area contributed by atoms with E-state index in [1.165, 1.54) is 6.33 Å². The predicted molar refractivity (Wildman–Crippen MR) is 65.3 cm³/mol. The van der Waals surface area contributed by atoms with Crippen molar-refractivity contribution < 1.29 is 4.79 Å². The fourth-order valence-electron chi connectivity index (χ4n) is 1.41. The molecule has 0 spiro atoms. The summed E-state index contributed by atoms with van der Waals surface area (Å²) >= 11 is 5.51. The molecule has 0 bridgehead atoms. The largest absolute Gasteiger partial charge is 0.324 e. The van der Waals surface area contributed by atoms with E-state index in [2.05, 4.69) is 15.4 Å². The van der Waals surface area contributed by atoms with E-state index in [0.717, 1.165) is 5.69 Å². The zero-order valence-corrected chi connectivity index (χ0v) is 9.76. The summed E-state index contributed by atoms with van der Waals surface area (Å²) in [4.78, 5) is 15.4. The highest BCUT2D eigenvalue weighted by molar-refractivity contribution is 6.19. The van der Waals surface area contributed by atoms with Crippen molar-refractivity contribution in [1.29, 1.82) is 0 Å². The van der Waals surface area contributed by atoms with Gasteiger partial charge in [-0.3, -0.25) is 4.79 Å². The minimum atomic E-state index is -0.118. The van der Waals surface area contributed by atoms with Crippen molar-refractivity contribution in [1.82, 2.24) is 14.8 Å². The number of nitrogens with zero attached hydrogens (tertiary/aromatic N) is 3. The van der Waals surface area contributed by atoms with Crippen molar-refractivity contribution in [2.45, 2.75) is 6.42 Å². The first-order chi connectivity index (χ1) is 8.31. The third kappa shape index (κ3) is 2.82. The van der Waals surface area contributed by atoms with E-state index in [1.54, 1.807) is 11.0 Å². The van der Waals surface area contributed by atoms with Gasteiger partial charge in [0.2, 0.25) is 5.91 Å². The maximum atomic E-state index is 11.5. The van der Waals surface area contributed by atoms with Crippen LogP contribution in [-0.4, -0.2) is 26.6 Å². The fourth-order valence-corrected chi connectivity index (χ4v) is 1.58. The van der Waals surface area contributed by atoms with Crippen LogP contribution >= 0.6 is 11.6 Å². The number of hydrogen-bond donors (Lipinski definition) is 1. The first kappa shape index (κ1) is 11.6. The average Bonchev–Trinajstić information content (AvgIpc) is 2.83. The monoisotopic (exact) mass is 250 g/mol. The van der Waals surface area contributed by atoms with E-state index >= 15 is 0 Å². The highest BCUT2D eigenvalue weighted by atomic mass is 35.5. The Balaban J connectivity index is 2.25. The van der Waals surface area contributed by atoms with Crippen LogP contribution in [0.15, 0.2) is 36.9 Å². The number of carbonyl (C=O) groups is 1. The minimum Gasteiger partial charge on any atom is -0.324 e. The van der Waals surface area contributed by atoms with Crippen LogP contribution in [0.2, 0.25) is 0 Å². The second kappa shape index (κ2) is 5.45. The Morgan fingerprint density at radius 2 is 2.24 bits per heavy atom. The predicted octanol–water partition coefficient (Wildman–Crippen LogP) is 1.83. The molecular formula is C11H11ClN4O.